The Morgan fingerprint density at radius 2 is 2.00 bits per heavy atom. The van der Waals surface area contributed by atoms with Gasteiger partial charge in [0.15, 0.2) is 11.2 Å². The highest BCUT2D eigenvalue weighted by Crippen LogP contribution is 2.26. The standard InChI is InChI=1S/C20H26N6O3S/c1-3-11-30(28,29)25-10-4-5-16(13-25)18-21-19-17(20(27)22-18)23-24-26(19)12-15-8-6-14(2)7-9-15/h6-9,16H,3-5,10-13H2,1-2H3,(H,21,22,27)/t16-/m0/s1. The molecule has 1 aromatic carbocycles. The Bertz CT molecular complexity index is 1200. The van der Waals surface area contributed by atoms with Crippen molar-refractivity contribution >= 4 is 21.2 Å². The Labute approximate surface area is 175 Å². The summed E-state index contributed by atoms with van der Waals surface area (Å²) in [4.78, 5) is 20.1. The smallest absolute Gasteiger partial charge is 0.281 e. The van der Waals surface area contributed by atoms with Crippen molar-refractivity contribution in [2.75, 3.05) is 18.8 Å². The molecule has 160 valence electrons. The van der Waals surface area contributed by atoms with Crippen LogP contribution in [-0.2, 0) is 16.6 Å². The number of piperidine rings is 1. The van der Waals surface area contributed by atoms with E-state index < -0.39 is 10.0 Å². The van der Waals surface area contributed by atoms with E-state index in [2.05, 4.69) is 20.3 Å². The first-order valence-corrected chi connectivity index (χ1v) is 11.8. The van der Waals surface area contributed by atoms with E-state index in [-0.39, 0.29) is 22.7 Å². The molecule has 1 aliphatic rings. The van der Waals surface area contributed by atoms with Crippen molar-refractivity contribution in [2.45, 2.75) is 45.6 Å². The molecule has 2 aromatic heterocycles. The monoisotopic (exact) mass is 430 g/mol. The first-order chi connectivity index (χ1) is 14.4. The quantitative estimate of drug-likeness (QED) is 0.638. The second kappa shape index (κ2) is 8.27. The Kier molecular flexibility index (Phi) is 5.70. The number of hydrogen-bond donors (Lipinski definition) is 1. The molecule has 0 aliphatic carbocycles. The van der Waals surface area contributed by atoms with E-state index in [9.17, 15) is 13.2 Å². The van der Waals surface area contributed by atoms with Gasteiger partial charge in [-0.1, -0.05) is 42.0 Å². The second-order valence-corrected chi connectivity index (χ2v) is 9.96. The van der Waals surface area contributed by atoms with Crippen molar-refractivity contribution < 1.29 is 8.42 Å². The van der Waals surface area contributed by atoms with Gasteiger partial charge >= 0.3 is 0 Å². The fourth-order valence-corrected chi connectivity index (χ4v) is 5.44. The molecule has 0 bridgehead atoms. The average molecular weight is 431 g/mol. The van der Waals surface area contributed by atoms with Gasteiger partial charge in [-0.05, 0) is 31.7 Å². The lowest BCUT2D eigenvalue weighted by atomic mass is 9.99. The Balaban J connectivity index is 1.65. The Hall–Kier alpha value is -2.59. The number of nitrogens with one attached hydrogen (secondary N) is 1. The van der Waals surface area contributed by atoms with Crippen LogP contribution in [0.3, 0.4) is 0 Å². The van der Waals surface area contributed by atoms with Crippen molar-refractivity contribution in [2.24, 2.45) is 0 Å². The summed E-state index contributed by atoms with van der Waals surface area (Å²) in [5.74, 6) is 0.470. The van der Waals surface area contributed by atoms with E-state index in [0.29, 0.717) is 37.5 Å². The number of nitrogens with zero attached hydrogens (tertiary/aromatic N) is 5. The van der Waals surface area contributed by atoms with Gasteiger partial charge in [-0.3, -0.25) is 4.79 Å². The van der Waals surface area contributed by atoms with E-state index in [0.717, 1.165) is 18.4 Å². The average Bonchev–Trinajstić information content (AvgIpc) is 3.13. The van der Waals surface area contributed by atoms with Crippen LogP contribution in [-0.4, -0.2) is 56.5 Å². The number of rotatable bonds is 6. The SMILES string of the molecule is CCCS(=O)(=O)N1CCC[C@H](c2nc3c(nnn3Cc3ccc(C)cc3)c(=O)[nH]2)C1. The van der Waals surface area contributed by atoms with Crippen LogP contribution in [0.25, 0.3) is 11.2 Å². The molecular formula is C20H26N6O3S. The molecule has 0 spiro atoms. The van der Waals surface area contributed by atoms with Crippen LogP contribution in [0, 0.1) is 6.92 Å². The summed E-state index contributed by atoms with van der Waals surface area (Å²) in [6, 6.07) is 8.06. The van der Waals surface area contributed by atoms with Gasteiger partial charge in [-0.2, -0.15) is 0 Å². The molecule has 1 fully saturated rings. The van der Waals surface area contributed by atoms with Gasteiger partial charge in [0, 0.05) is 19.0 Å². The predicted octanol–water partition coefficient (Wildman–Crippen LogP) is 1.79. The van der Waals surface area contributed by atoms with E-state index in [4.69, 9.17) is 0 Å². The Morgan fingerprint density at radius 1 is 1.23 bits per heavy atom. The Morgan fingerprint density at radius 3 is 2.73 bits per heavy atom. The van der Waals surface area contributed by atoms with Gasteiger partial charge in [0.25, 0.3) is 5.56 Å². The maximum absolute atomic E-state index is 12.6. The van der Waals surface area contributed by atoms with Crippen LogP contribution in [0.15, 0.2) is 29.1 Å². The zero-order chi connectivity index (χ0) is 21.3. The lowest BCUT2D eigenvalue weighted by molar-refractivity contribution is 0.309. The van der Waals surface area contributed by atoms with Crippen LogP contribution in [0.2, 0.25) is 0 Å². The first kappa shape index (κ1) is 20.7. The third kappa shape index (κ3) is 4.15. The zero-order valence-corrected chi connectivity index (χ0v) is 18.0. The van der Waals surface area contributed by atoms with Crippen molar-refractivity contribution in [3.05, 3.63) is 51.6 Å². The molecule has 1 N–H and O–H groups in total. The van der Waals surface area contributed by atoms with E-state index in [1.807, 2.05) is 38.1 Å². The van der Waals surface area contributed by atoms with Gasteiger partial charge < -0.3 is 4.98 Å². The van der Waals surface area contributed by atoms with Gasteiger partial charge in [-0.15, -0.1) is 5.10 Å². The molecular weight excluding hydrogens is 404 g/mol. The van der Waals surface area contributed by atoms with E-state index in [1.165, 1.54) is 9.87 Å². The molecule has 30 heavy (non-hydrogen) atoms. The number of aryl methyl sites for hydroxylation is 1. The molecule has 0 amide bonds. The van der Waals surface area contributed by atoms with Crippen molar-refractivity contribution in [1.29, 1.82) is 0 Å². The summed E-state index contributed by atoms with van der Waals surface area (Å²) >= 11 is 0. The molecule has 0 saturated carbocycles. The molecule has 3 heterocycles. The minimum atomic E-state index is -3.28. The minimum Gasteiger partial charge on any atom is -0.308 e. The minimum absolute atomic E-state index is 0.135. The highest BCUT2D eigenvalue weighted by atomic mass is 32.2. The second-order valence-electron chi connectivity index (χ2n) is 7.87. The third-order valence-corrected chi connectivity index (χ3v) is 7.51. The molecule has 1 aliphatic heterocycles. The molecule has 9 nitrogen and oxygen atoms in total. The summed E-state index contributed by atoms with van der Waals surface area (Å²) in [6.07, 6.45) is 2.08. The molecule has 0 unspecified atom stereocenters. The molecule has 0 radical (unpaired) electrons. The van der Waals surface area contributed by atoms with Crippen LogP contribution < -0.4 is 5.56 Å². The maximum Gasteiger partial charge on any atom is 0.281 e. The van der Waals surface area contributed by atoms with Gasteiger partial charge in [0.05, 0.1) is 12.3 Å². The largest absolute Gasteiger partial charge is 0.308 e. The highest BCUT2D eigenvalue weighted by Gasteiger charge is 2.30. The first-order valence-electron chi connectivity index (χ1n) is 10.2. The van der Waals surface area contributed by atoms with E-state index in [1.54, 1.807) is 4.68 Å². The molecule has 4 rings (SSSR count). The fraction of sp³-hybridized carbons (Fsp3) is 0.500. The number of H-pyrrole nitrogens is 1. The van der Waals surface area contributed by atoms with Crippen molar-refractivity contribution in [3.8, 4) is 0 Å². The van der Waals surface area contributed by atoms with Gasteiger partial charge in [0.2, 0.25) is 10.0 Å². The molecule has 1 saturated heterocycles. The van der Waals surface area contributed by atoms with Crippen LogP contribution in [0.1, 0.15) is 49.1 Å². The summed E-state index contributed by atoms with van der Waals surface area (Å²) < 4.78 is 28.1. The number of benzene rings is 1. The van der Waals surface area contributed by atoms with Crippen molar-refractivity contribution in [1.82, 2.24) is 29.3 Å². The maximum atomic E-state index is 12.6. The van der Waals surface area contributed by atoms with Gasteiger partial charge in [-0.25, -0.2) is 22.4 Å². The van der Waals surface area contributed by atoms with Crippen LogP contribution >= 0.6 is 0 Å². The number of fused-ring (bicyclic) bond motifs is 1. The summed E-state index contributed by atoms with van der Waals surface area (Å²) in [6.45, 7) is 5.17. The molecule has 3 aromatic rings. The number of aromatic nitrogens is 5. The predicted molar refractivity (Wildman–Crippen MR) is 114 cm³/mol. The van der Waals surface area contributed by atoms with Crippen LogP contribution in [0.5, 0.6) is 0 Å². The summed E-state index contributed by atoms with van der Waals surface area (Å²) in [5, 5.41) is 8.11. The fourth-order valence-electron chi connectivity index (χ4n) is 3.85. The zero-order valence-electron chi connectivity index (χ0n) is 17.2. The molecule has 10 heteroatoms. The summed E-state index contributed by atoms with van der Waals surface area (Å²) in [7, 11) is -3.28. The molecule has 1 atom stereocenters. The number of hydrogen-bond acceptors (Lipinski definition) is 6. The van der Waals surface area contributed by atoms with Crippen LogP contribution in [0.4, 0.5) is 0 Å². The highest BCUT2D eigenvalue weighted by molar-refractivity contribution is 7.89. The lowest BCUT2D eigenvalue weighted by Gasteiger charge is -2.31. The van der Waals surface area contributed by atoms with Gasteiger partial charge in [0.1, 0.15) is 5.82 Å². The number of sulfonamides is 1. The lowest BCUT2D eigenvalue weighted by Crippen LogP contribution is -2.41. The van der Waals surface area contributed by atoms with Crippen molar-refractivity contribution in [3.63, 3.8) is 0 Å². The normalized spacial score (nSPS) is 18.1. The topological polar surface area (TPSA) is 114 Å². The van der Waals surface area contributed by atoms with E-state index >= 15 is 0 Å². The third-order valence-electron chi connectivity index (χ3n) is 5.47. The number of aromatic amines is 1. The summed E-state index contributed by atoms with van der Waals surface area (Å²) in [5.41, 5.74) is 2.46.